The zero-order valence-electron chi connectivity index (χ0n) is 8.68. The molecule has 2 aromatic carbocycles. The first-order chi connectivity index (χ1) is 8.06. The Labute approximate surface area is 103 Å². The van der Waals surface area contributed by atoms with E-state index < -0.39 is 0 Å². The third-order valence-electron chi connectivity index (χ3n) is 2.17. The molecule has 2 aromatic rings. The average Bonchev–Trinajstić information content (AvgIpc) is 2.23. The molecule has 0 amide bonds. The van der Waals surface area contributed by atoms with Gasteiger partial charge < -0.3 is 20.6 Å². The highest BCUT2D eigenvalue weighted by Gasteiger charge is 2.06. The summed E-state index contributed by atoms with van der Waals surface area (Å²) in [6.07, 6.45) is 0. The molecule has 0 saturated carbocycles. The summed E-state index contributed by atoms with van der Waals surface area (Å²) in [6.45, 7) is 0. The fourth-order valence-corrected chi connectivity index (χ4v) is 1.61. The summed E-state index contributed by atoms with van der Waals surface area (Å²) >= 11 is 5.75. The standard InChI is InChI=1S/C12H10ClNO3/c13-10-2-1-3-11(12(10)17)14-7-4-8(15)6-9(16)5-7/h1-6,14-17H. The van der Waals surface area contributed by atoms with Gasteiger partial charge in [-0.25, -0.2) is 0 Å². The van der Waals surface area contributed by atoms with Gasteiger partial charge in [-0.15, -0.1) is 0 Å². The number of nitrogens with one attached hydrogen (secondary N) is 1. The second-order valence-corrected chi connectivity index (χ2v) is 3.91. The summed E-state index contributed by atoms with van der Waals surface area (Å²) in [7, 11) is 0. The summed E-state index contributed by atoms with van der Waals surface area (Å²) in [6, 6.07) is 8.90. The van der Waals surface area contributed by atoms with Gasteiger partial charge in [-0.3, -0.25) is 0 Å². The van der Waals surface area contributed by atoms with Crippen molar-refractivity contribution >= 4 is 23.0 Å². The maximum atomic E-state index is 9.68. The van der Waals surface area contributed by atoms with E-state index in [1.807, 2.05) is 0 Å². The van der Waals surface area contributed by atoms with E-state index in [0.29, 0.717) is 11.4 Å². The van der Waals surface area contributed by atoms with E-state index >= 15 is 0 Å². The lowest BCUT2D eigenvalue weighted by molar-refractivity contribution is 0.451. The van der Waals surface area contributed by atoms with Crippen molar-refractivity contribution in [2.75, 3.05) is 5.32 Å². The molecule has 5 heteroatoms. The second-order valence-electron chi connectivity index (χ2n) is 3.50. The fraction of sp³-hybridized carbons (Fsp3) is 0. The molecular formula is C12H10ClNO3. The minimum absolute atomic E-state index is 0.0750. The SMILES string of the molecule is Oc1cc(O)cc(Nc2cccc(Cl)c2O)c1. The highest BCUT2D eigenvalue weighted by Crippen LogP contribution is 2.34. The van der Waals surface area contributed by atoms with Crippen LogP contribution in [0.3, 0.4) is 0 Å². The predicted octanol–water partition coefficient (Wildman–Crippen LogP) is 3.20. The molecule has 17 heavy (non-hydrogen) atoms. The van der Waals surface area contributed by atoms with Crippen LogP contribution in [0.1, 0.15) is 0 Å². The summed E-state index contributed by atoms with van der Waals surface area (Å²) < 4.78 is 0. The molecule has 0 spiro atoms. The van der Waals surface area contributed by atoms with Gasteiger partial charge in [0.2, 0.25) is 0 Å². The van der Waals surface area contributed by atoms with E-state index in [1.165, 1.54) is 18.2 Å². The van der Waals surface area contributed by atoms with Crippen LogP contribution in [0, 0.1) is 0 Å². The van der Waals surface area contributed by atoms with Crippen molar-refractivity contribution in [3.8, 4) is 17.2 Å². The minimum atomic E-state index is -0.0861. The fourth-order valence-electron chi connectivity index (χ4n) is 1.44. The highest BCUT2D eigenvalue weighted by molar-refractivity contribution is 6.32. The van der Waals surface area contributed by atoms with Gasteiger partial charge in [0, 0.05) is 23.9 Å². The van der Waals surface area contributed by atoms with E-state index in [0.717, 1.165) is 0 Å². The number of rotatable bonds is 2. The molecule has 88 valence electrons. The van der Waals surface area contributed by atoms with Crippen molar-refractivity contribution in [2.45, 2.75) is 0 Å². The van der Waals surface area contributed by atoms with Gasteiger partial charge >= 0.3 is 0 Å². The van der Waals surface area contributed by atoms with Gasteiger partial charge in [-0.1, -0.05) is 17.7 Å². The van der Waals surface area contributed by atoms with Crippen molar-refractivity contribution < 1.29 is 15.3 Å². The summed E-state index contributed by atoms with van der Waals surface area (Å²) in [5, 5.41) is 31.4. The van der Waals surface area contributed by atoms with E-state index in [9.17, 15) is 15.3 Å². The normalized spacial score (nSPS) is 10.2. The number of aromatic hydroxyl groups is 3. The smallest absolute Gasteiger partial charge is 0.157 e. The summed E-state index contributed by atoms with van der Waals surface area (Å²) in [5.41, 5.74) is 0.836. The van der Waals surface area contributed by atoms with Gasteiger partial charge in [0.05, 0.1) is 10.7 Å². The van der Waals surface area contributed by atoms with Gasteiger partial charge in [-0.2, -0.15) is 0 Å². The third-order valence-corrected chi connectivity index (χ3v) is 2.47. The molecule has 0 radical (unpaired) electrons. The van der Waals surface area contributed by atoms with Crippen molar-refractivity contribution in [3.63, 3.8) is 0 Å². The first-order valence-corrected chi connectivity index (χ1v) is 5.21. The topological polar surface area (TPSA) is 72.7 Å². The van der Waals surface area contributed by atoms with Crippen LogP contribution in [0.5, 0.6) is 17.2 Å². The van der Waals surface area contributed by atoms with Crippen molar-refractivity contribution in [1.29, 1.82) is 0 Å². The van der Waals surface area contributed by atoms with Crippen LogP contribution in [-0.2, 0) is 0 Å². The number of phenolic OH excluding ortho intramolecular Hbond substituents is 3. The molecule has 0 aromatic heterocycles. The van der Waals surface area contributed by atoms with Crippen molar-refractivity contribution in [2.24, 2.45) is 0 Å². The Balaban J connectivity index is 2.34. The molecule has 0 heterocycles. The quantitative estimate of drug-likeness (QED) is 0.619. The van der Waals surface area contributed by atoms with Gasteiger partial charge in [0.1, 0.15) is 11.5 Å². The Morgan fingerprint density at radius 3 is 2.24 bits per heavy atom. The molecule has 2 rings (SSSR count). The molecule has 0 atom stereocenters. The minimum Gasteiger partial charge on any atom is -0.508 e. The van der Waals surface area contributed by atoms with Crippen molar-refractivity contribution in [3.05, 3.63) is 41.4 Å². The zero-order valence-corrected chi connectivity index (χ0v) is 9.44. The van der Waals surface area contributed by atoms with Crippen LogP contribution >= 0.6 is 11.6 Å². The Morgan fingerprint density at radius 2 is 1.59 bits per heavy atom. The zero-order chi connectivity index (χ0) is 12.4. The number of benzene rings is 2. The lowest BCUT2D eigenvalue weighted by Crippen LogP contribution is -1.90. The Hall–Kier alpha value is -2.07. The number of hydrogen-bond acceptors (Lipinski definition) is 4. The maximum absolute atomic E-state index is 9.68. The molecule has 4 nitrogen and oxygen atoms in total. The number of hydrogen-bond donors (Lipinski definition) is 4. The summed E-state index contributed by atoms with van der Waals surface area (Å²) in [5.74, 6) is -0.236. The molecular weight excluding hydrogens is 242 g/mol. The molecule has 0 aliphatic carbocycles. The third kappa shape index (κ3) is 2.54. The van der Waals surface area contributed by atoms with Crippen LogP contribution in [0.15, 0.2) is 36.4 Å². The summed E-state index contributed by atoms with van der Waals surface area (Å²) in [4.78, 5) is 0. The predicted molar refractivity (Wildman–Crippen MR) is 66.2 cm³/mol. The molecule has 0 bridgehead atoms. The van der Waals surface area contributed by atoms with Crippen LogP contribution in [0.2, 0.25) is 5.02 Å². The van der Waals surface area contributed by atoms with Gasteiger partial charge in [0.25, 0.3) is 0 Å². The second kappa shape index (κ2) is 4.43. The van der Waals surface area contributed by atoms with Crippen LogP contribution in [-0.4, -0.2) is 15.3 Å². The Kier molecular flexibility index (Phi) is 2.97. The molecule has 4 N–H and O–H groups in total. The van der Waals surface area contributed by atoms with E-state index in [1.54, 1.807) is 18.2 Å². The van der Waals surface area contributed by atoms with Crippen LogP contribution in [0.4, 0.5) is 11.4 Å². The number of para-hydroxylation sites is 1. The van der Waals surface area contributed by atoms with E-state index in [2.05, 4.69) is 5.32 Å². The lowest BCUT2D eigenvalue weighted by Gasteiger charge is -2.10. The first-order valence-electron chi connectivity index (χ1n) is 4.84. The van der Waals surface area contributed by atoms with Gasteiger partial charge in [0.15, 0.2) is 5.75 Å². The molecule has 0 aliphatic rings. The molecule has 0 unspecified atom stereocenters. The average molecular weight is 252 g/mol. The molecule has 0 saturated heterocycles. The van der Waals surface area contributed by atoms with E-state index in [-0.39, 0.29) is 22.3 Å². The molecule has 0 aliphatic heterocycles. The number of halogens is 1. The van der Waals surface area contributed by atoms with Crippen molar-refractivity contribution in [1.82, 2.24) is 0 Å². The first kappa shape index (κ1) is 11.4. The van der Waals surface area contributed by atoms with Gasteiger partial charge in [-0.05, 0) is 12.1 Å². The maximum Gasteiger partial charge on any atom is 0.157 e. The Bertz CT molecular complexity index is 537. The number of phenols is 3. The largest absolute Gasteiger partial charge is 0.508 e. The molecule has 0 fully saturated rings. The van der Waals surface area contributed by atoms with Crippen LogP contribution in [0.25, 0.3) is 0 Å². The van der Waals surface area contributed by atoms with Crippen LogP contribution < -0.4 is 5.32 Å². The Morgan fingerprint density at radius 1 is 0.941 bits per heavy atom. The highest BCUT2D eigenvalue weighted by atomic mass is 35.5. The lowest BCUT2D eigenvalue weighted by atomic mass is 10.2. The number of anilines is 2. The van der Waals surface area contributed by atoms with E-state index in [4.69, 9.17) is 11.6 Å². The monoisotopic (exact) mass is 251 g/mol.